The van der Waals surface area contributed by atoms with E-state index in [-0.39, 0.29) is 30.1 Å². The van der Waals surface area contributed by atoms with E-state index in [2.05, 4.69) is 10.3 Å². The van der Waals surface area contributed by atoms with Crippen LogP contribution in [-0.4, -0.2) is 69.9 Å². The summed E-state index contributed by atoms with van der Waals surface area (Å²) in [5, 5.41) is 3.02. The molecule has 0 aromatic rings. The van der Waals surface area contributed by atoms with E-state index < -0.39 is 13.0 Å². The second-order valence-corrected chi connectivity index (χ2v) is 3.98. The van der Waals surface area contributed by atoms with E-state index in [1.54, 1.807) is 7.11 Å². The van der Waals surface area contributed by atoms with Gasteiger partial charge in [-0.2, -0.15) is 0 Å². The summed E-state index contributed by atoms with van der Waals surface area (Å²) in [5.74, 6) is 0.516. The first-order chi connectivity index (χ1) is 8.67. The maximum atomic E-state index is 12.2. The van der Waals surface area contributed by atoms with E-state index >= 15 is 0 Å². The van der Waals surface area contributed by atoms with Gasteiger partial charge < -0.3 is 19.7 Å². The van der Waals surface area contributed by atoms with Crippen molar-refractivity contribution in [3.8, 4) is 0 Å². The van der Waals surface area contributed by atoms with Crippen LogP contribution < -0.4 is 5.32 Å². The van der Waals surface area contributed by atoms with E-state index in [1.807, 2.05) is 11.8 Å². The standard InChI is InChI=1S/C11H21F2N3O2.HI/c1-3-14-11(15-6-10(12)13)16-4-5-18-9(7-16)8-17-2;/h9-10H,3-8H2,1-2H3,(H,14,15);1H. The third-order valence-electron chi connectivity index (χ3n) is 2.50. The highest BCUT2D eigenvalue weighted by Gasteiger charge is 2.22. The van der Waals surface area contributed by atoms with Crippen LogP contribution in [0.4, 0.5) is 8.78 Å². The third-order valence-corrected chi connectivity index (χ3v) is 2.50. The van der Waals surface area contributed by atoms with Gasteiger partial charge >= 0.3 is 0 Å². The molecular formula is C11H22F2IN3O2. The normalized spacial score (nSPS) is 20.4. The topological polar surface area (TPSA) is 46.1 Å². The van der Waals surface area contributed by atoms with Gasteiger partial charge in [-0.25, -0.2) is 13.8 Å². The van der Waals surface area contributed by atoms with Crippen LogP contribution in [-0.2, 0) is 9.47 Å². The Kier molecular flexibility index (Phi) is 10.4. The Morgan fingerprint density at radius 3 is 2.89 bits per heavy atom. The van der Waals surface area contributed by atoms with Crippen molar-refractivity contribution in [2.45, 2.75) is 19.5 Å². The molecule has 1 saturated heterocycles. The van der Waals surface area contributed by atoms with Crippen molar-refractivity contribution in [1.82, 2.24) is 10.2 Å². The number of hydrogen-bond donors (Lipinski definition) is 1. The predicted octanol–water partition coefficient (Wildman–Crippen LogP) is 1.18. The number of guanidine groups is 1. The second-order valence-electron chi connectivity index (χ2n) is 3.98. The molecule has 114 valence electrons. The van der Waals surface area contributed by atoms with Crippen LogP contribution in [0.2, 0.25) is 0 Å². The minimum absolute atomic E-state index is 0. The zero-order chi connectivity index (χ0) is 13.4. The molecule has 1 aliphatic heterocycles. The number of rotatable bonds is 5. The number of hydrogen-bond acceptors (Lipinski definition) is 3. The minimum atomic E-state index is -2.42. The Hall–Kier alpha value is -0.220. The average Bonchev–Trinajstić information content (AvgIpc) is 2.35. The molecule has 1 atom stereocenters. The summed E-state index contributed by atoms with van der Waals surface area (Å²) in [7, 11) is 1.61. The number of aliphatic imine (C=N–C) groups is 1. The lowest BCUT2D eigenvalue weighted by Gasteiger charge is -2.34. The summed E-state index contributed by atoms with van der Waals surface area (Å²) in [4.78, 5) is 5.85. The van der Waals surface area contributed by atoms with Crippen molar-refractivity contribution in [3.63, 3.8) is 0 Å². The molecule has 1 rings (SSSR count). The number of nitrogens with zero attached hydrogens (tertiary/aromatic N) is 2. The SMILES string of the molecule is CCNC(=NCC(F)F)N1CCOC(COC)C1.I. The van der Waals surface area contributed by atoms with Gasteiger partial charge in [0.15, 0.2) is 5.96 Å². The van der Waals surface area contributed by atoms with Gasteiger partial charge in [-0.15, -0.1) is 24.0 Å². The highest BCUT2D eigenvalue weighted by molar-refractivity contribution is 14.0. The monoisotopic (exact) mass is 393 g/mol. The van der Waals surface area contributed by atoms with Crippen molar-refractivity contribution < 1.29 is 18.3 Å². The lowest BCUT2D eigenvalue weighted by molar-refractivity contribution is -0.0447. The molecule has 1 aliphatic rings. The molecule has 0 aliphatic carbocycles. The minimum Gasteiger partial charge on any atom is -0.382 e. The molecule has 1 N–H and O–H groups in total. The summed E-state index contributed by atoms with van der Waals surface area (Å²) >= 11 is 0. The summed E-state index contributed by atoms with van der Waals surface area (Å²) < 4.78 is 34.9. The maximum absolute atomic E-state index is 12.2. The second kappa shape index (κ2) is 10.6. The molecule has 0 saturated carbocycles. The highest BCUT2D eigenvalue weighted by Crippen LogP contribution is 2.06. The van der Waals surface area contributed by atoms with Crippen LogP contribution in [0.15, 0.2) is 4.99 Å². The van der Waals surface area contributed by atoms with Crippen molar-refractivity contribution in [3.05, 3.63) is 0 Å². The fourth-order valence-electron chi connectivity index (χ4n) is 1.78. The number of alkyl halides is 2. The molecule has 0 amide bonds. The van der Waals surface area contributed by atoms with Crippen LogP contribution >= 0.6 is 24.0 Å². The Balaban J connectivity index is 0.00000324. The molecule has 0 aromatic heterocycles. The number of ether oxygens (including phenoxy) is 2. The molecule has 1 fully saturated rings. The van der Waals surface area contributed by atoms with Gasteiger partial charge in [0, 0.05) is 26.7 Å². The number of methoxy groups -OCH3 is 1. The summed E-state index contributed by atoms with van der Waals surface area (Å²) in [6.07, 6.45) is -2.46. The first-order valence-corrected chi connectivity index (χ1v) is 6.09. The lowest BCUT2D eigenvalue weighted by atomic mass is 10.3. The Labute approximate surface area is 129 Å². The van der Waals surface area contributed by atoms with Gasteiger partial charge in [-0.3, -0.25) is 0 Å². The lowest BCUT2D eigenvalue weighted by Crippen LogP contribution is -2.51. The average molecular weight is 393 g/mol. The van der Waals surface area contributed by atoms with E-state index in [0.717, 1.165) is 0 Å². The first-order valence-electron chi connectivity index (χ1n) is 6.09. The molecule has 0 bridgehead atoms. The van der Waals surface area contributed by atoms with Gasteiger partial charge in [-0.05, 0) is 6.92 Å². The fraction of sp³-hybridized carbons (Fsp3) is 0.909. The van der Waals surface area contributed by atoms with Crippen molar-refractivity contribution in [2.75, 3.05) is 46.5 Å². The predicted molar refractivity (Wildman–Crippen MR) is 80.6 cm³/mol. The smallest absolute Gasteiger partial charge is 0.257 e. The number of morpholine rings is 1. The van der Waals surface area contributed by atoms with Gasteiger partial charge in [-0.1, -0.05) is 0 Å². The molecule has 19 heavy (non-hydrogen) atoms. The van der Waals surface area contributed by atoms with Crippen molar-refractivity contribution >= 4 is 29.9 Å². The molecule has 8 heteroatoms. The Bertz CT molecular complexity index is 268. The van der Waals surface area contributed by atoms with E-state index in [4.69, 9.17) is 9.47 Å². The van der Waals surface area contributed by atoms with Gasteiger partial charge in [0.25, 0.3) is 6.43 Å². The molecule has 0 spiro atoms. The highest BCUT2D eigenvalue weighted by atomic mass is 127. The number of halogens is 3. The van der Waals surface area contributed by atoms with Crippen molar-refractivity contribution in [1.29, 1.82) is 0 Å². The zero-order valence-corrected chi connectivity index (χ0v) is 13.6. The quantitative estimate of drug-likeness (QED) is 0.433. The van der Waals surface area contributed by atoms with Crippen LogP contribution in [0.5, 0.6) is 0 Å². The fourth-order valence-corrected chi connectivity index (χ4v) is 1.78. The Morgan fingerprint density at radius 2 is 2.32 bits per heavy atom. The largest absolute Gasteiger partial charge is 0.382 e. The number of nitrogens with one attached hydrogen (secondary N) is 1. The summed E-state index contributed by atoms with van der Waals surface area (Å²) in [6.45, 7) is 4.37. The van der Waals surface area contributed by atoms with Crippen LogP contribution in [0, 0.1) is 0 Å². The maximum Gasteiger partial charge on any atom is 0.257 e. The van der Waals surface area contributed by atoms with E-state index in [0.29, 0.717) is 38.8 Å². The van der Waals surface area contributed by atoms with Crippen LogP contribution in [0.3, 0.4) is 0 Å². The van der Waals surface area contributed by atoms with E-state index in [9.17, 15) is 8.78 Å². The van der Waals surface area contributed by atoms with E-state index in [1.165, 1.54) is 0 Å². The van der Waals surface area contributed by atoms with Crippen LogP contribution in [0.25, 0.3) is 0 Å². The third kappa shape index (κ3) is 7.21. The van der Waals surface area contributed by atoms with Gasteiger partial charge in [0.2, 0.25) is 0 Å². The van der Waals surface area contributed by atoms with Gasteiger partial charge in [0.05, 0.1) is 19.3 Å². The molecule has 1 heterocycles. The van der Waals surface area contributed by atoms with Crippen LogP contribution in [0.1, 0.15) is 6.92 Å². The Morgan fingerprint density at radius 1 is 1.58 bits per heavy atom. The first kappa shape index (κ1) is 18.8. The molecule has 0 radical (unpaired) electrons. The zero-order valence-electron chi connectivity index (χ0n) is 11.3. The van der Waals surface area contributed by atoms with Gasteiger partial charge in [0.1, 0.15) is 6.54 Å². The summed E-state index contributed by atoms with van der Waals surface area (Å²) in [5.41, 5.74) is 0. The van der Waals surface area contributed by atoms with Crippen molar-refractivity contribution in [2.24, 2.45) is 4.99 Å². The molecular weight excluding hydrogens is 371 g/mol. The molecule has 5 nitrogen and oxygen atoms in total. The molecule has 0 aromatic carbocycles. The molecule has 1 unspecified atom stereocenters. The summed E-state index contributed by atoms with van der Waals surface area (Å²) in [6, 6.07) is 0.